The molecule has 0 spiro atoms. The molecule has 27 heavy (non-hydrogen) atoms. The summed E-state index contributed by atoms with van der Waals surface area (Å²) in [5, 5.41) is 0. The maximum atomic E-state index is 12.7. The van der Waals surface area contributed by atoms with Crippen molar-refractivity contribution in [3.63, 3.8) is 0 Å². The average molecular weight is 378 g/mol. The fourth-order valence-electron chi connectivity index (χ4n) is 3.16. The van der Waals surface area contributed by atoms with Crippen molar-refractivity contribution >= 4 is 11.7 Å². The van der Waals surface area contributed by atoms with Crippen molar-refractivity contribution in [3.8, 4) is 0 Å². The molecular weight excluding hydrogens is 361 g/mol. The molecule has 1 aromatic carbocycles. The van der Waals surface area contributed by atoms with Gasteiger partial charge in [-0.2, -0.15) is 13.2 Å². The van der Waals surface area contributed by atoms with E-state index in [1.165, 1.54) is 35.4 Å². The van der Waals surface area contributed by atoms with E-state index in [0.29, 0.717) is 24.9 Å². The molecule has 1 aliphatic rings. The number of ketones is 1. The lowest BCUT2D eigenvalue weighted by atomic mass is 9.89. The van der Waals surface area contributed by atoms with Crippen molar-refractivity contribution in [2.75, 3.05) is 13.1 Å². The Morgan fingerprint density at radius 2 is 1.70 bits per heavy atom. The number of halogens is 3. The smallest absolute Gasteiger partial charge is 0.338 e. The van der Waals surface area contributed by atoms with E-state index in [1.54, 1.807) is 0 Å². The largest absolute Gasteiger partial charge is 0.416 e. The van der Waals surface area contributed by atoms with Gasteiger partial charge in [-0.3, -0.25) is 14.4 Å². The Kier molecular flexibility index (Phi) is 5.16. The zero-order valence-electron chi connectivity index (χ0n) is 14.3. The van der Waals surface area contributed by atoms with Crippen molar-refractivity contribution in [1.82, 2.24) is 9.88 Å². The SMILES string of the molecule is O=C(c1ccc(C(F)(F)F)cc1)C1CCCN(C(=O)c2ccc(=O)[nH]c2)C1. The summed E-state index contributed by atoms with van der Waals surface area (Å²) in [6, 6.07) is 6.80. The van der Waals surface area contributed by atoms with Crippen LogP contribution in [0.4, 0.5) is 13.2 Å². The molecule has 1 saturated heterocycles. The quantitative estimate of drug-likeness (QED) is 0.835. The fraction of sp³-hybridized carbons (Fsp3) is 0.316. The summed E-state index contributed by atoms with van der Waals surface area (Å²) in [6.07, 6.45) is -1.94. The number of pyridine rings is 1. The predicted molar refractivity (Wildman–Crippen MR) is 91.5 cm³/mol. The molecule has 1 unspecified atom stereocenters. The van der Waals surface area contributed by atoms with Gasteiger partial charge >= 0.3 is 6.18 Å². The molecule has 0 saturated carbocycles. The summed E-state index contributed by atoms with van der Waals surface area (Å²) >= 11 is 0. The standard InChI is InChI=1S/C19H17F3N2O3/c20-19(21,22)15-6-3-12(4-7-15)17(26)14-2-1-9-24(11-14)18(27)13-5-8-16(25)23-10-13/h3-8,10,14H,1-2,9,11H2,(H,23,25). The topological polar surface area (TPSA) is 70.2 Å². The van der Waals surface area contributed by atoms with E-state index < -0.39 is 17.7 Å². The Morgan fingerprint density at radius 1 is 1.04 bits per heavy atom. The molecule has 2 aromatic rings. The zero-order chi connectivity index (χ0) is 19.6. The van der Waals surface area contributed by atoms with Crippen LogP contribution in [0.2, 0.25) is 0 Å². The van der Waals surface area contributed by atoms with Crippen LogP contribution in [0.5, 0.6) is 0 Å². The van der Waals surface area contributed by atoms with Crippen LogP contribution >= 0.6 is 0 Å². The van der Waals surface area contributed by atoms with Gasteiger partial charge in [-0.25, -0.2) is 0 Å². The van der Waals surface area contributed by atoms with Gasteiger partial charge in [0.25, 0.3) is 5.91 Å². The maximum Gasteiger partial charge on any atom is 0.416 e. The van der Waals surface area contributed by atoms with Crippen molar-refractivity contribution < 1.29 is 22.8 Å². The van der Waals surface area contributed by atoms with Gasteiger partial charge in [0.05, 0.1) is 11.1 Å². The number of nitrogens with zero attached hydrogens (tertiary/aromatic N) is 1. The molecule has 0 radical (unpaired) electrons. The third-order valence-electron chi connectivity index (χ3n) is 4.61. The number of benzene rings is 1. The van der Waals surface area contributed by atoms with Crippen LogP contribution in [0.15, 0.2) is 47.4 Å². The number of amides is 1. The summed E-state index contributed by atoms with van der Waals surface area (Å²) in [7, 11) is 0. The summed E-state index contributed by atoms with van der Waals surface area (Å²) < 4.78 is 38.0. The molecule has 0 bridgehead atoms. The van der Waals surface area contributed by atoms with E-state index in [4.69, 9.17) is 0 Å². The molecule has 3 rings (SSSR count). The first kappa shape index (κ1) is 18.9. The highest BCUT2D eigenvalue weighted by Crippen LogP contribution is 2.30. The van der Waals surface area contributed by atoms with Gasteiger partial charge in [-0.05, 0) is 31.0 Å². The number of rotatable bonds is 3. The summed E-state index contributed by atoms with van der Waals surface area (Å²) in [6.45, 7) is 0.673. The molecule has 1 amide bonds. The number of hydrogen-bond acceptors (Lipinski definition) is 3. The molecule has 1 aromatic heterocycles. The van der Waals surface area contributed by atoms with E-state index in [1.807, 2.05) is 0 Å². The molecule has 142 valence electrons. The first-order chi connectivity index (χ1) is 12.8. The number of carbonyl (C=O) groups excluding carboxylic acids is 2. The number of piperidine rings is 1. The number of carbonyl (C=O) groups is 2. The number of alkyl halides is 3. The van der Waals surface area contributed by atoms with Crippen molar-refractivity contribution in [2.24, 2.45) is 5.92 Å². The van der Waals surface area contributed by atoms with Crippen LogP contribution in [0, 0.1) is 5.92 Å². The van der Waals surface area contributed by atoms with Crippen molar-refractivity contribution in [1.29, 1.82) is 0 Å². The van der Waals surface area contributed by atoms with Crippen LogP contribution < -0.4 is 5.56 Å². The minimum absolute atomic E-state index is 0.192. The number of hydrogen-bond donors (Lipinski definition) is 1. The Labute approximate surface area is 152 Å². The molecule has 8 heteroatoms. The second kappa shape index (κ2) is 7.38. The zero-order valence-corrected chi connectivity index (χ0v) is 14.3. The highest BCUT2D eigenvalue weighted by atomic mass is 19.4. The average Bonchev–Trinajstić information content (AvgIpc) is 2.67. The first-order valence-corrected chi connectivity index (χ1v) is 8.45. The molecule has 5 nitrogen and oxygen atoms in total. The van der Waals surface area contributed by atoms with Crippen LogP contribution in [-0.2, 0) is 6.18 Å². The van der Waals surface area contributed by atoms with Crippen LogP contribution in [0.1, 0.15) is 39.1 Å². The summed E-state index contributed by atoms with van der Waals surface area (Å²) in [4.78, 5) is 40.3. The van der Waals surface area contributed by atoms with E-state index in [-0.39, 0.29) is 29.4 Å². The molecule has 1 fully saturated rings. The molecule has 2 heterocycles. The van der Waals surface area contributed by atoms with E-state index in [9.17, 15) is 27.6 Å². The van der Waals surface area contributed by atoms with Crippen LogP contribution in [0.3, 0.4) is 0 Å². The third-order valence-corrected chi connectivity index (χ3v) is 4.61. The lowest BCUT2D eigenvalue weighted by molar-refractivity contribution is -0.137. The van der Waals surface area contributed by atoms with Crippen LogP contribution in [0.25, 0.3) is 0 Å². The highest BCUT2D eigenvalue weighted by molar-refractivity contribution is 5.99. The number of nitrogens with one attached hydrogen (secondary N) is 1. The maximum absolute atomic E-state index is 12.7. The minimum atomic E-state index is -4.45. The summed E-state index contributed by atoms with van der Waals surface area (Å²) in [5.74, 6) is -1.04. The third kappa shape index (κ3) is 4.27. The van der Waals surface area contributed by atoms with Gasteiger partial charge in [0.15, 0.2) is 5.78 Å². The predicted octanol–water partition coefficient (Wildman–Crippen LogP) is 3.13. The van der Waals surface area contributed by atoms with Crippen molar-refractivity contribution in [3.05, 3.63) is 69.6 Å². The molecule has 1 atom stereocenters. The second-order valence-corrected chi connectivity index (χ2v) is 6.47. The molecular formula is C19H17F3N2O3. The van der Waals surface area contributed by atoms with Crippen molar-refractivity contribution in [2.45, 2.75) is 19.0 Å². The lowest BCUT2D eigenvalue weighted by Gasteiger charge is -2.32. The van der Waals surface area contributed by atoms with Gasteiger partial charge in [0, 0.05) is 36.8 Å². The number of likely N-dealkylation sites (tertiary alicyclic amines) is 1. The number of aromatic amines is 1. The summed E-state index contributed by atoms with van der Waals surface area (Å²) in [5.41, 5.74) is -0.610. The van der Waals surface area contributed by atoms with E-state index in [0.717, 1.165) is 12.1 Å². The first-order valence-electron chi connectivity index (χ1n) is 8.45. The minimum Gasteiger partial charge on any atom is -0.338 e. The van der Waals surface area contributed by atoms with Gasteiger partial charge in [-0.15, -0.1) is 0 Å². The van der Waals surface area contributed by atoms with Gasteiger partial charge < -0.3 is 9.88 Å². The van der Waals surface area contributed by atoms with E-state index in [2.05, 4.69) is 4.98 Å². The molecule has 1 N–H and O–H groups in total. The fourth-order valence-corrected chi connectivity index (χ4v) is 3.16. The highest BCUT2D eigenvalue weighted by Gasteiger charge is 2.32. The monoisotopic (exact) mass is 378 g/mol. The van der Waals surface area contributed by atoms with Gasteiger partial charge in [0.1, 0.15) is 0 Å². The normalized spacial score (nSPS) is 17.6. The lowest BCUT2D eigenvalue weighted by Crippen LogP contribution is -2.42. The van der Waals surface area contributed by atoms with Gasteiger partial charge in [-0.1, -0.05) is 12.1 Å². The second-order valence-electron chi connectivity index (χ2n) is 6.47. The molecule has 1 aliphatic heterocycles. The Bertz CT molecular complexity index is 883. The number of Topliss-reactive ketones (excluding diaryl/α,β-unsaturated/α-hetero) is 1. The Morgan fingerprint density at radius 3 is 2.30 bits per heavy atom. The Hall–Kier alpha value is -2.90. The Balaban J connectivity index is 1.71. The van der Waals surface area contributed by atoms with Crippen LogP contribution in [-0.4, -0.2) is 34.7 Å². The number of H-pyrrole nitrogens is 1. The number of aromatic nitrogens is 1. The van der Waals surface area contributed by atoms with Gasteiger partial charge in [0.2, 0.25) is 5.56 Å². The molecule has 0 aliphatic carbocycles. The van der Waals surface area contributed by atoms with E-state index >= 15 is 0 Å².